The summed E-state index contributed by atoms with van der Waals surface area (Å²) in [6.07, 6.45) is 0. The fraction of sp³-hybridized carbons (Fsp3) is 0. The molecular weight excluding hydrogens is 653 g/mol. The summed E-state index contributed by atoms with van der Waals surface area (Å²) in [4.78, 5) is 0. The van der Waals surface area contributed by atoms with E-state index in [0.717, 1.165) is 5.69 Å². The fourth-order valence-corrected chi connectivity index (χ4v) is 8.49. The first-order chi connectivity index (χ1) is 26.8. The van der Waals surface area contributed by atoms with E-state index < -0.39 is 0 Å². The number of rotatable bonds is 5. The van der Waals surface area contributed by atoms with Crippen LogP contribution in [-0.4, -0.2) is 9.13 Å². The van der Waals surface area contributed by atoms with E-state index >= 15 is 0 Å². The van der Waals surface area contributed by atoms with E-state index in [1.165, 1.54) is 93.5 Å². The van der Waals surface area contributed by atoms with E-state index in [4.69, 9.17) is 0 Å². The van der Waals surface area contributed by atoms with Gasteiger partial charge in [0.25, 0.3) is 0 Å². The van der Waals surface area contributed by atoms with Crippen LogP contribution < -0.4 is 0 Å². The lowest BCUT2D eigenvalue weighted by atomic mass is 9.93. The highest BCUT2D eigenvalue weighted by atomic mass is 15.0. The van der Waals surface area contributed by atoms with Crippen LogP contribution in [0.15, 0.2) is 206 Å². The van der Waals surface area contributed by atoms with Crippen molar-refractivity contribution in [3.05, 3.63) is 206 Å². The van der Waals surface area contributed by atoms with Gasteiger partial charge in [0.1, 0.15) is 0 Å². The Morgan fingerprint density at radius 2 is 0.630 bits per heavy atom. The van der Waals surface area contributed by atoms with E-state index in [-0.39, 0.29) is 0 Å². The van der Waals surface area contributed by atoms with Crippen LogP contribution in [0.4, 0.5) is 0 Å². The Morgan fingerprint density at radius 1 is 0.222 bits per heavy atom. The second-order valence-electron chi connectivity index (χ2n) is 14.2. The van der Waals surface area contributed by atoms with Gasteiger partial charge in [0, 0.05) is 32.9 Å². The molecule has 0 spiro atoms. The van der Waals surface area contributed by atoms with Crippen LogP contribution >= 0.6 is 0 Å². The lowest BCUT2D eigenvalue weighted by Gasteiger charge is -2.13. The van der Waals surface area contributed by atoms with Gasteiger partial charge < -0.3 is 9.13 Å². The highest BCUT2D eigenvalue weighted by Crippen LogP contribution is 2.41. The van der Waals surface area contributed by atoms with Crippen molar-refractivity contribution in [1.29, 1.82) is 0 Å². The summed E-state index contributed by atoms with van der Waals surface area (Å²) in [7, 11) is 0. The van der Waals surface area contributed by atoms with E-state index in [2.05, 4.69) is 215 Å². The Morgan fingerprint density at radius 3 is 1.24 bits per heavy atom. The molecule has 0 amide bonds. The number of hydrogen-bond donors (Lipinski definition) is 0. The minimum absolute atomic E-state index is 1.14. The summed E-state index contributed by atoms with van der Waals surface area (Å²) in [5.41, 5.74) is 14.4. The monoisotopic (exact) mass is 686 g/mol. The highest BCUT2D eigenvalue weighted by Gasteiger charge is 2.19. The maximum atomic E-state index is 2.44. The number of nitrogens with zero attached hydrogens (tertiary/aromatic N) is 2. The molecule has 2 aromatic heterocycles. The zero-order chi connectivity index (χ0) is 35.6. The Labute approximate surface area is 313 Å². The summed E-state index contributed by atoms with van der Waals surface area (Å²) < 4.78 is 4.88. The van der Waals surface area contributed by atoms with Crippen molar-refractivity contribution in [2.45, 2.75) is 0 Å². The summed E-state index contributed by atoms with van der Waals surface area (Å²) in [6.45, 7) is 0. The average molecular weight is 687 g/mol. The predicted molar refractivity (Wildman–Crippen MR) is 229 cm³/mol. The lowest BCUT2D eigenvalue weighted by molar-refractivity contribution is 1.18. The molecule has 2 nitrogen and oxygen atoms in total. The number of hydrogen-bond acceptors (Lipinski definition) is 0. The lowest BCUT2D eigenvalue weighted by Crippen LogP contribution is -1.95. The Bertz CT molecular complexity index is 3110. The van der Waals surface area contributed by atoms with Crippen LogP contribution in [0, 0.1) is 0 Å². The molecule has 11 aromatic rings. The van der Waals surface area contributed by atoms with Crippen molar-refractivity contribution in [3.8, 4) is 44.8 Å². The molecule has 0 N–H and O–H groups in total. The quantitative estimate of drug-likeness (QED) is 0.171. The predicted octanol–water partition coefficient (Wildman–Crippen LogP) is 14.0. The summed E-state index contributed by atoms with van der Waals surface area (Å²) in [6, 6.07) is 75.2. The van der Waals surface area contributed by atoms with Gasteiger partial charge in [-0.3, -0.25) is 0 Å². The third kappa shape index (κ3) is 4.88. The normalized spacial score (nSPS) is 11.7. The topological polar surface area (TPSA) is 9.86 Å². The number of benzene rings is 9. The van der Waals surface area contributed by atoms with Crippen molar-refractivity contribution in [3.63, 3.8) is 0 Å². The number of para-hydroxylation sites is 2. The molecule has 2 heterocycles. The van der Waals surface area contributed by atoms with Crippen molar-refractivity contribution < 1.29 is 0 Å². The van der Waals surface area contributed by atoms with Gasteiger partial charge in [-0.15, -0.1) is 0 Å². The van der Waals surface area contributed by atoms with E-state index in [1.807, 2.05) is 0 Å². The molecule has 0 aliphatic carbocycles. The molecule has 11 rings (SSSR count). The number of fused-ring (bicyclic) bond motifs is 7. The molecule has 0 fully saturated rings. The van der Waals surface area contributed by atoms with Crippen LogP contribution in [-0.2, 0) is 0 Å². The average Bonchev–Trinajstić information content (AvgIpc) is 3.74. The molecule has 0 unspecified atom stereocenters. The molecule has 0 saturated carbocycles. The smallest absolute Gasteiger partial charge is 0.0548 e. The van der Waals surface area contributed by atoms with E-state index in [0.29, 0.717) is 0 Å². The van der Waals surface area contributed by atoms with Gasteiger partial charge in [-0.25, -0.2) is 0 Å². The van der Waals surface area contributed by atoms with Gasteiger partial charge >= 0.3 is 0 Å². The zero-order valence-electron chi connectivity index (χ0n) is 29.5. The highest BCUT2D eigenvalue weighted by molar-refractivity contribution is 6.20. The van der Waals surface area contributed by atoms with Crippen molar-refractivity contribution >= 4 is 54.4 Å². The van der Waals surface area contributed by atoms with Crippen molar-refractivity contribution in [2.75, 3.05) is 0 Å². The van der Waals surface area contributed by atoms with Crippen LogP contribution in [0.2, 0.25) is 0 Å². The van der Waals surface area contributed by atoms with Crippen LogP contribution in [0.5, 0.6) is 0 Å². The molecule has 9 aromatic carbocycles. The standard InChI is InChI=1S/C52H34N2/c1-4-14-35(15-5-1)40-28-41(36-16-6-2-7-17-36)30-42(29-40)37-24-26-44(27-25-37)53-49-23-13-12-22-45(49)47-33-52-48(34-51(47)53)46-31-38-18-10-11-19-39(38)32-50(46)54(52)43-20-8-3-9-21-43/h1-34H. The first-order valence-electron chi connectivity index (χ1n) is 18.6. The van der Waals surface area contributed by atoms with Gasteiger partial charge in [-0.05, 0) is 117 Å². The van der Waals surface area contributed by atoms with Gasteiger partial charge in [-0.1, -0.05) is 133 Å². The second kappa shape index (κ2) is 12.2. The minimum atomic E-state index is 1.14. The molecule has 54 heavy (non-hydrogen) atoms. The Kier molecular flexibility index (Phi) is 6.90. The third-order valence-electron chi connectivity index (χ3n) is 11.0. The molecule has 0 atom stereocenters. The molecule has 0 saturated heterocycles. The van der Waals surface area contributed by atoms with Crippen molar-refractivity contribution in [2.24, 2.45) is 0 Å². The van der Waals surface area contributed by atoms with Gasteiger partial charge in [0.05, 0.1) is 22.1 Å². The summed E-state index contributed by atoms with van der Waals surface area (Å²) >= 11 is 0. The number of aromatic nitrogens is 2. The third-order valence-corrected chi connectivity index (χ3v) is 11.0. The molecule has 0 aliphatic rings. The summed E-state index contributed by atoms with van der Waals surface area (Å²) in [5.74, 6) is 0. The molecule has 252 valence electrons. The SMILES string of the molecule is c1ccc(-c2cc(-c3ccccc3)cc(-c3ccc(-n4c5ccccc5c5cc6c(cc54)c4cc5ccccc5cc4n6-c4ccccc4)cc3)c2)cc1. The molecule has 0 aliphatic heterocycles. The second-order valence-corrected chi connectivity index (χ2v) is 14.2. The van der Waals surface area contributed by atoms with Crippen molar-refractivity contribution in [1.82, 2.24) is 9.13 Å². The first-order valence-corrected chi connectivity index (χ1v) is 18.6. The fourth-order valence-electron chi connectivity index (χ4n) is 8.49. The maximum absolute atomic E-state index is 2.44. The molecule has 0 bridgehead atoms. The Hall–Kier alpha value is -7.16. The molecular formula is C52H34N2. The zero-order valence-corrected chi connectivity index (χ0v) is 29.5. The van der Waals surface area contributed by atoms with Crippen LogP contribution in [0.25, 0.3) is 99.1 Å². The van der Waals surface area contributed by atoms with Crippen LogP contribution in [0.1, 0.15) is 0 Å². The van der Waals surface area contributed by atoms with Crippen LogP contribution in [0.3, 0.4) is 0 Å². The van der Waals surface area contributed by atoms with Gasteiger partial charge in [0.15, 0.2) is 0 Å². The first kappa shape index (κ1) is 30.5. The van der Waals surface area contributed by atoms with E-state index in [1.54, 1.807) is 0 Å². The van der Waals surface area contributed by atoms with E-state index in [9.17, 15) is 0 Å². The summed E-state index contributed by atoms with van der Waals surface area (Å²) in [5, 5.41) is 7.49. The van der Waals surface area contributed by atoms with Gasteiger partial charge in [-0.2, -0.15) is 0 Å². The largest absolute Gasteiger partial charge is 0.309 e. The van der Waals surface area contributed by atoms with Gasteiger partial charge in [0.2, 0.25) is 0 Å². The molecule has 2 heteroatoms. The Balaban J connectivity index is 1.12. The minimum Gasteiger partial charge on any atom is -0.309 e. The molecule has 0 radical (unpaired) electrons. The maximum Gasteiger partial charge on any atom is 0.0548 e.